The molecule has 4 nitrogen and oxygen atoms in total. The highest BCUT2D eigenvalue weighted by molar-refractivity contribution is 8.00. The number of nitrogens with one attached hydrogen (secondary N) is 1. The molecule has 0 bridgehead atoms. The van der Waals surface area contributed by atoms with E-state index in [9.17, 15) is 0 Å². The molecule has 1 unspecified atom stereocenters. The number of aromatic nitrogens is 1. The predicted octanol–water partition coefficient (Wildman–Crippen LogP) is 2.23. The van der Waals surface area contributed by atoms with Crippen LogP contribution in [0.2, 0.25) is 0 Å². The zero-order valence-electron chi connectivity index (χ0n) is 9.86. The third-order valence-electron chi connectivity index (χ3n) is 2.98. The molecule has 17 heavy (non-hydrogen) atoms. The number of anilines is 2. The topological polar surface area (TPSA) is 74.7 Å². The summed E-state index contributed by atoms with van der Waals surface area (Å²) in [5.41, 5.74) is 6.35. The molecule has 90 valence electrons. The number of nitriles is 1. The van der Waals surface area contributed by atoms with Crippen molar-refractivity contribution in [1.82, 2.24) is 4.98 Å². The van der Waals surface area contributed by atoms with Gasteiger partial charge in [-0.25, -0.2) is 4.98 Å². The van der Waals surface area contributed by atoms with Crippen LogP contribution in [0.4, 0.5) is 11.5 Å². The zero-order chi connectivity index (χ0) is 12.3. The molecule has 0 radical (unpaired) electrons. The molecule has 0 saturated carbocycles. The fraction of sp³-hybridized carbons (Fsp3) is 0.500. The average molecular weight is 248 g/mol. The van der Waals surface area contributed by atoms with Crippen LogP contribution in [-0.2, 0) is 0 Å². The number of hydrogen-bond donors (Lipinski definition) is 2. The van der Waals surface area contributed by atoms with E-state index in [2.05, 4.69) is 17.2 Å². The standard InChI is InChI=1S/C12H16N4S/c1-12(5-2-6-17-12)8-15-11-4-3-9(14)10(7-13)16-11/h3-4H,2,5-6,8,14H2,1H3,(H,15,16). The van der Waals surface area contributed by atoms with Crippen LogP contribution >= 0.6 is 11.8 Å². The van der Waals surface area contributed by atoms with Crippen LogP contribution in [0.25, 0.3) is 0 Å². The van der Waals surface area contributed by atoms with Crippen molar-refractivity contribution < 1.29 is 0 Å². The Kier molecular flexibility index (Phi) is 3.43. The van der Waals surface area contributed by atoms with Gasteiger partial charge in [0.2, 0.25) is 0 Å². The molecule has 1 saturated heterocycles. The number of hydrogen-bond acceptors (Lipinski definition) is 5. The summed E-state index contributed by atoms with van der Waals surface area (Å²) in [6.45, 7) is 3.14. The molecule has 1 aliphatic heterocycles. The third kappa shape index (κ3) is 2.83. The number of nitrogen functional groups attached to an aromatic ring is 1. The molecule has 1 aromatic heterocycles. The second-order valence-electron chi connectivity index (χ2n) is 4.50. The fourth-order valence-electron chi connectivity index (χ4n) is 1.91. The van der Waals surface area contributed by atoms with Crippen molar-refractivity contribution in [2.45, 2.75) is 24.5 Å². The highest BCUT2D eigenvalue weighted by Crippen LogP contribution is 2.37. The van der Waals surface area contributed by atoms with Gasteiger partial charge in [0.25, 0.3) is 0 Å². The molecule has 0 aromatic carbocycles. The Morgan fingerprint density at radius 2 is 2.47 bits per heavy atom. The minimum atomic E-state index is 0.288. The molecule has 0 amide bonds. The maximum absolute atomic E-state index is 8.85. The molecule has 1 aromatic rings. The van der Waals surface area contributed by atoms with E-state index in [-0.39, 0.29) is 4.75 Å². The monoisotopic (exact) mass is 248 g/mol. The Balaban J connectivity index is 2.02. The number of pyridine rings is 1. The molecule has 2 rings (SSSR count). The van der Waals surface area contributed by atoms with E-state index in [1.54, 1.807) is 6.07 Å². The minimum absolute atomic E-state index is 0.288. The van der Waals surface area contributed by atoms with Crippen molar-refractivity contribution in [2.24, 2.45) is 0 Å². The Labute approximate surface area is 106 Å². The lowest BCUT2D eigenvalue weighted by molar-refractivity contribution is 0.634. The summed E-state index contributed by atoms with van der Waals surface area (Å²) < 4.78 is 0.288. The van der Waals surface area contributed by atoms with Crippen molar-refractivity contribution >= 4 is 23.3 Å². The summed E-state index contributed by atoms with van der Waals surface area (Å²) in [6.07, 6.45) is 2.51. The summed E-state index contributed by atoms with van der Waals surface area (Å²) in [6, 6.07) is 5.53. The molecule has 2 heterocycles. The summed E-state index contributed by atoms with van der Waals surface area (Å²) in [5, 5.41) is 12.1. The first-order valence-electron chi connectivity index (χ1n) is 5.67. The van der Waals surface area contributed by atoms with Gasteiger partial charge in [-0.2, -0.15) is 17.0 Å². The summed E-state index contributed by atoms with van der Waals surface area (Å²) in [5.74, 6) is 1.96. The van der Waals surface area contributed by atoms with Gasteiger partial charge in [-0.3, -0.25) is 0 Å². The van der Waals surface area contributed by atoms with E-state index in [4.69, 9.17) is 11.0 Å². The van der Waals surface area contributed by atoms with E-state index in [0.717, 1.165) is 12.4 Å². The molecular weight excluding hydrogens is 232 g/mol. The average Bonchev–Trinajstić information content (AvgIpc) is 2.76. The smallest absolute Gasteiger partial charge is 0.165 e. The maximum atomic E-state index is 8.85. The van der Waals surface area contributed by atoms with Crippen LogP contribution in [-0.4, -0.2) is 22.0 Å². The quantitative estimate of drug-likeness (QED) is 0.858. The molecule has 0 spiro atoms. The maximum Gasteiger partial charge on any atom is 0.165 e. The van der Waals surface area contributed by atoms with Crippen molar-refractivity contribution in [3.63, 3.8) is 0 Å². The van der Waals surface area contributed by atoms with Crippen molar-refractivity contribution in [3.8, 4) is 6.07 Å². The second kappa shape index (κ2) is 4.84. The highest BCUT2D eigenvalue weighted by atomic mass is 32.2. The Morgan fingerprint density at radius 1 is 1.65 bits per heavy atom. The summed E-state index contributed by atoms with van der Waals surface area (Å²) in [7, 11) is 0. The van der Waals surface area contributed by atoms with Gasteiger partial charge in [-0.05, 0) is 37.7 Å². The van der Waals surface area contributed by atoms with Gasteiger partial charge in [0.15, 0.2) is 5.69 Å². The minimum Gasteiger partial charge on any atom is -0.396 e. The van der Waals surface area contributed by atoms with Crippen molar-refractivity contribution in [1.29, 1.82) is 5.26 Å². The van der Waals surface area contributed by atoms with Crippen LogP contribution < -0.4 is 11.1 Å². The largest absolute Gasteiger partial charge is 0.396 e. The number of rotatable bonds is 3. The van der Waals surface area contributed by atoms with Crippen LogP contribution in [0, 0.1) is 11.3 Å². The first-order chi connectivity index (χ1) is 8.13. The number of thioether (sulfide) groups is 1. The first kappa shape index (κ1) is 12.1. The van der Waals surface area contributed by atoms with Crippen molar-refractivity contribution in [3.05, 3.63) is 17.8 Å². The van der Waals surface area contributed by atoms with E-state index in [1.165, 1.54) is 18.6 Å². The molecule has 1 fully saturated rings. The van der Waals surface area contributed by atoms with Gasteiger partial charge in [0, 0.05) is 11.3 Å². The van der Waals surface area contributed by atoms with E-state index in [1.807, 2.05) is 23.9 Å². The van der Waals surface area contributed by atoms with Crippen molar-refractivity contribution in [2.75, 3.05) is 23.3 Å². The molecular formula is C12H16N4S. The highest BCUT2D eigenvalue weighted by Gasteiger charge is 2.29. The lowest BCUT2D eigenvalue weighted by Crippen LogP contribution is -2.27. The van der Waals surface area contributed by atoms with Gasteiger partial charge in [-0.1, -0.05) is 0 Å². The molecule has 3 N–H and O–H groups in total. The Morgan fingerprint density at radius 3 is 3.12 bits per heavy atom. The Hall–Kier alpha value is -1.41. The van der Waals surface area contributed by atoms with Crippen LogP contribution in [0.3, 0.4) is 0 Å². The normalized spacial score (nSPS) is 23.3. The van der Waals surface area contributed by atoms with Crippen LogP contribution in [0.15, 0.2) is 12.1 Å². The lowest BCUT2D eigenvalue weighted by Gasteiger charge is -2.23. The second-order valence-corrected chi connectivity index (χ2v) is 6.18. The van der Waals surface area contributed by atoms with Crippen LogP contribution in [0.1, 0.15) is 25.5 Å². The van der Waals surface area contributed by atoms with Gasteiger partial charge in [-0.15, -0.1) is 0 Å². The lowest BCUT2D eigenvalue weighted by atomic mass is 10.1. The number of nitrogens with zero attached hydrogens (tertiary/aromatic N) is 2. The summed E-state index contributed by atoms with van der Waals surface area (Å²) in [4.78, 5) is 4.18. The molecule has 1 atom stereocenters. The van der Waals surface area contributed by atoms with E-state index < -0.39 is 0 Å². The van der Waals surface area contributed by atoms with E-state index >= 15 is 0 Å². The first-order valence-corrected chi connectivity index (χ1v) is 6.66. The molecule has 1 aliphatic rings. The SMILES string of the molecule is CC1(CNc2ccc(N)c(C#N)n2)CCCS1. The van der Waals surface area contributed by atoms with Gasteiger partial charge < -0.3 is 11.1 Å². The van der Waals surface area contributed by atoms with Gasteiger partial charge in [0.05, 0.1) is 5.69 Å². The number of nitrogens with two attached hydrogens (primary N) is 1. The molecule has 5 heteroatoms. The third-order valence-corrected chi connectivity index (χ3v) is 4.51. The van der Waals surface area contributed by atoms with E-state index in [0.29, 0.717) is 11.4 Å². The predicted molar refractivity (Wildman–Crippen MR) is 72.0 cm³/mol. The van der Waals surface area contributed by atoms with Gasteiger partial charge in [0.1, 0.15) is 11.9 Å². The Bertz CT molecular complexity index is 446. The summed E-state index contributed by atoms with van der Waals surface area (Å²) >= 11 is 2.00. The molecule has 0 aliphatic carbocycles. The zero-order valence-corrected chi connectivity index (χ0v) is 10.7. The van der Waals surface area contributed by atoms with Crippen LogP contribution in [0.5, 0.6) is 0 Å². The van der Waals surface area contributed by atoms with Gasteiger partial charge >= 0.3 is 0 Å². The fourth-order valence-corrected chi connectivity index (χ4v) is 3.16.